The van der Waals surface area contributed by atoms with Crippen LogP contribution >= 0.6 is 0 Å². The lowest BCUT2D eigenvalue weighted by molar-refractivity contribution is -0.145. The van der Waals surface area contributed by atoms with Crippen molar-refractivity contribution in [3.63, 3.8) is 0 Å². The maximum absolute atomic E-state index is 13.6. The second-order valence-electron chi connectivity index (χ2n) is 12.9. The molecule has 1 aliphatic heterocycles. The number of hydrogen-bond acceptors (Lipinski definition) is 11. The van der Waals surface area contributed by atoms with Crippen LogP contribution in [0, 0.1) is 11.8 Å². The van der Waals surface area contributed by atoms with E-state index in [0.29, 0.717) is 0 Å². The topological polar surface area (TPSA) is 293 Å². The molecule has 2 rings (SSSR count). The van der Waals surface area contributed by atoms with Crippen LogP contribution in [0.2, 0.25) is 0 Å². The lowest BCUT2D eigenvalue weighted by Gasteiger charge is -2.33. The van der Waals surface area contributed by atoms with Crippen molar-refractivity contribution < 1.29 is 38.7 Å². The summed E-state index contributed by atoms with van der Waals surface area (Å²) < 4.78 is 0. The zero-order chi connectivity index (χ0) is 36.2. The number of aliphatic hydroxyl groups excluding tert-OH is 1. The minimum absolute atomic E-state index is 0.00658. The molecular formula is C30H54N10O8. The molecule has 0 aromatic rings. The molecule has 18 heteroatoms. The highest BCUT2D eigenvalue weighted by Gasteiger charge is 2.60. The molecule has 1 heterocycles. The van der Waals surface area contributed by atoms with E-state index in [1.54, 1.807) is 0 Å². The van der Waals surface area contributed by atoms with Crippen molar-refractivity contribution in [1.29, 1.82) is 0 Å². The lowest BCUT2D eigenvalue weighted by Crippen LogP contribution is -2.60. The maximum Gasteiger partial charge on any atom is 0.246 e. The van der Waals surface area contributed by atoms with Crippen LogP contribution < -0.4 is 49.1 Å². The minimum Gasteiger partial charge on any atom is -0.391 e. The van der Waals surface area contributed by atoms with E-state index in [2.05, 4.69) is 31.9 Å². The monoisotopic (exact) mass is 682 g/mol. The van der Waals surface area contributed by atoms with Crippen molar-refractivity contribution in [2.75, 3.05) is 39.8 Å². The molecule has 0 radical (unpaired) electrons. The molecule has 48 heavy (non-hydrogen) atoms. The molecule has 0 aromatic heterocycles. The van der Waals surface area contributed by atoms with Crippen LogP contribution in [0.25, 0.3) is 0 Å². The number of nitrogens with two attached hydrogens (primary N) is 3. The van der Waals surface area contributed by atoms with Gasteiger partial charge in [0.15, 0.2) is 0 Å². The third kappa shape index (κ3) is 11.1. The average Bonchev–Trinajstić information content (AvgIpc) is 3.73. The standard InChI is InChI=1S/C30H54N10O8/c1-16(2)12-21-26(45)37-19(7-9-31)25(44)38-20(8-10-32)28(47)40(4)24(17(3)41)27(46)34-11-5-6-22(42)39-30(13-18(30)14-33)29(48)35-15-23(43)36-21/h16-21,24,41H,5-15,31-33H2,1-4H3,(H,34,46)(H,35,48)(H,36,43)(H,37,45)(H,38,44)(H,39,42)/t17-,18?,19+,20+,21+,24?,30?/m1/s1. The van der Waals surface area contributed by atoms with Crippen molar-refractivity contribution >= 4 is 41.4 Å². The van der Waals surface area contributed by atoms with Crippen molar-refractivity contribution in [3.8, 4) is 0 Å². The summed E-state index contributed by atoms with van der Waals surface area (Å²) in [5, 5.41) is 26.1. The molecule has 2 fully saturated rings. The van der Waals surface area contributed by atoms with E-state index in [1.165, 1.54) is 14.0 Å². The van der Waals surface area contributed by atoms with Crippen molar-refractivity contribution in [2.45, 2.75) is 95.1 Å². The summed E-state index contributed by atoms with van der Waals surface area (Å²) in [6.45, 7) is 4.62. The molecule has 1 spiro atoms. The molecule has 18 nitrogen and oxygen atoms in total. The molecule has 1 aliphatic carbocycles. The summed E-state index contributed by atoms with van der Waals surface area (Å²) in [4.78, 5) is 93.4. The number of carbonyl (C=O) groups is 7. The Kier molecular flexibility index (Phi) is 15.6. The second-order valence-corrected chi connectivity index (χ2v) is 12.9. The normalized spacial score (nSPS) is 29.7. The Hall–Kier alpha value is -3.87. The van der Waals surface area contributed by atoms with Gasteiger partial charge in [0.1, 0.15) is 29.7 Å². The van der Waals surface area contributed by atoms with Gasteiger partial charge in [-0.25, -0.2) is 0 Å². The third-order valence-electron chi connectivity index (χ3n) is 8.45. The first kappa shape index (κ1) is 40.3. The molecular weight excluding hydrogens is 628 g/mol. The Labute approximate surface area is 280 Å². The molecule has 0 aromatic carbocycles. The molecule has 7 atom stereocenters. The number of rotatable bonds is 8. The van der Waals surface area contributed by atoms with E-state index in [1.807, 2.05) is 13.8 Å². The molecule has 1 saturated carbocycles. The van der Waals surface area contributed by atoms with Gasteiger partial charge in [-0.15, -0.1) is 0 Å². The Morgan fingerprint density at radius 1 is 0.833 bits per heavy atom. The molecule has 7 amide bonds. The van der Waals surface area contributed by atoms with Gasteiger partial charge in [0.05, 0.1) is 12.6 Å². The minimum atomic E-state index is -1.35. The smallest absolute Gasteiger partial charge is 0.246 e. The van der Waals surface area contributed by atoms with Crippen LogP contribution in [0.1, 0.15) is 59.3 Å². The summed E-state index contributed by atoms with van der Waals surface area (Å²) in [6.07, 6.45) is -0.784. The predicted molar refractivity (Wildman–Crippen MR) is 174 cm³/mol. The van der Waals surface area contributed by atoms with Crippen molar-refractivity contribution in [1.82, 2.24) is 36.8 Å². The summed E-state index contributed by atoms with van der Waals surface area (Å²) >= 11 is 0. The maximum atomic E-state index is 13.6. The van der Waals surface area contributed by atoms with Crippen LogP contribution in [-0.4, -0.2) is 127 Å². The number of hydrogen-bond donors (Lipinski definition) is 10. The second kappa shape index (κ2) is 18.6. The number of nitrogens with zero attached hydrogens (tertiary/aromatic N) is 1. The van der Waals surface area contributed by atoms with Crippen molar-refractivity contribution in [3.05, 3.63) is 0 Å². The van der Waals surface area contributed by atoms with Gasteiger partial charge in [-0.1, -0.05) is 13.8 Å². The number of likely N-dealkylation sites (N-methyl/N-ethyl adjacent to an activating group) is 1. The van der Waals surface area contributed by atoms with Crippen LogP contribution in [-0.2, 0) is 33.6 Å². The molecule has 3 unspecified atom stereocenters. The van der Waals surface area contributed by atoms with Gasteiger partial charge in [0.25, 0.3) is 0 Å². The largest absolute Gasteiger partial charge is 0.391 e. The van der Waals surface area contributed by atoms with E-state index in [-0.39, 0.29) is 76.5 Å². The number of aliphatic hydroxyl groups is 1. The summed E-state index contributed by atoms with van der Waals surface area (Å²) in [7, 11) is 1.30. The van der Waals surface area contributed by atoms with E-state index >= 15 is 0 Å². The molecule has 272 valence electrons. The molecule has 1 saturated heterocycles. The Balaban J connectivity index is 2.42. The van der Waals surface area contributed by atoms with E-state index in [0.717, 1.165) is 4.90 Å². The molecule has 0 bridgehead atoms. The van der Waals surface area contributed by atoms with Crippen LogP contribution in [0.3, 0.4) is 0 Å². The van der Waals surface area contributed by atoms with Gasteiger partial charge in [-0.05, 0) is 64.6 Å². The summed E-state index contributed by atoms with van der Waals surface area (Å²) in [6, 6.07) is -4.86. The number of carbonyl (C=O) groups excluding carboxylic acids is 7. The van der Waals surface area contributed by atoms with E-state index in [9.17, 15) is 38.7 Å². The van der Waals surface area contributed by atoms with Gasteiger partial charge in [0, 0.05) is 25.9 Å². The summed E-state index contributed by atoms with van der Waals surface area (Å²) in [5.41, 5.74) is 16.0. The van der Waals surface area contributed by atoms with Gasteiger partial charge in [-0.3, -0.25) is 33.6 Å². The molecule has 2 aliphatic rings. The fourth-order valence-electron chi connectivity index (χ4n) is 5.75. The lowest BCUT2D eigenvalue weighted by atomic mass is 10.0. The van der Waals surface area contributed by atoms with E-state index < -0.39 is 83.7 Å². The van der Waals surface area contributed by atoms with Gasteiger partial charge in [0.2, 0.25) is 41.4 Å². The quantitative estimate of drug-likeness (QED) is 0.116. The van der Waals surface area contributed by atoms with Crippen LogP contribution in [0.15, 0.2) is 0 Å². The zero-order valence-electron chi connectivity index (χ0n) is 28.3. The predicted octanol–water partition coefficient (Wildman–Crippen LogP) is -4.75. The fraction of sp³-hybridized carbons (Fsp3) is 0.767. The van der Waals surface area contributed by atoms with Gasteiger partial charge in [-0.2, -0.15) is 0 Å². The van der Waals surface area contributed by atoms with Crippen molar-refractivity contribution in [2.24, 2.45) is 29.0 Å². The average molecular weight is 683 g/mol. The SMILES string of the molecule is CC(C)C[C@@H]1NC(=O)CNC(=O)C2(CC2CN)NC(=O)CCCNC(=O)C([C@@H](C)O)N(C)C(=O)[C@H](CCN)NC(=O)[C@H](CCN)NC1=O. The zero-order valence-corrected chi connectivity index (χ0v) is 28.3. The first-order chi connectivity index (χ1) is 22.6. The Bertz CT molecular complexity index is 1180. The Morgan fingerprint density at radius 2 is 1.44 bits per heavy atom. The highest BCUT2D eigenvalue weighted by atomic mass is 16.3. The highest BCUT2D eigenvalue weighted by Crippen LogP contribution is 2.43. The summed E-state index contributed by atoms with van der Waals surface area (Å²) in [5.74, 6) is -4.99. The Morgan fingerprint density at radius 3 is 2.00 bits per heavy atom. The number of nitrogens with one attached hydrogen (secondary N) is 6. The first-order valence-corrected chi connectivity index (χ1v) is 16.4. The number of amides is 7. The van der Waals surface area contributed by atoms with Gasteiger partial charge >= 0.3 is 0 Å². The third-order valence-corrected chi connectivity index (χ3v) is 8.45. The molecule has 13 N–H and O–H groups in total. The van der Waals surface area contributed by atoms with E-state index in [4.69, 9.17) is 17.2 Å². The van der Waals surface area contributed by atoms with Crippen LogP contribution in [0.5, 0.6) is 0 Å². The fourth-order valence-corrected chi connectivity index (χ4v) is 5.75. The van der Waals surface area contributed by atoms with Crippen LogP contribution in [0.4, 0.5) is 0 Å². The first-order valence-electron chi connectivity index (χ1n) is 16.4. The highest BCUT2D eigenvalue weighted by molar-refractivity contribution is 5.98. The van der Waals surface area contributed by atoms with Gasteiger partial charge < -0.3 is 59.1 Å².